The normalized spacial score (nSPS) is 10.5. The Kier molecular flexibility index (Phi) is 5.11. The van der Waals surface area contributed by atoms with Crippen LogP contribution >= 0.6 is 11.6 Å². The van der Waals surface area contributed by atoms with E-state index in [9.17, 15) is 14.9 Å². The number of hydrogen-bond donors (Lipinski definition) is 1. The highest BCUT2D eigenvalue weighted by molar-refractivity contribution is 6.31. The van der Waals surface area contributed by atoms with Crippen molar-refractivity contribution in [1.29, 1.82) is 0 Å². The summed E-state index contributed by atoms with van der Waals surface area (Å²) < 4.78 is 1.45. The zero-order valence-corrected chi connectivity index (χ0v) is 12.7. The second-order valence-electron chi connectivity index (χ2n) is 4.83. The lowest BCUT2D eigenvalue weighted by Gasteiger charge is -2.07. The molecule has 116 valence electrons. The van der Waals surface area contributed by atoms with E-state index >= 15 is 0 Å². The SMILES string of the molecule is Cc1ccc(NC(=O)CCCn2cc([N+](=O)[O-])cn2)cc1Cl. The molecule has 1 amide bonds. The van der Waals surface area contributed by atoms with Crippen LogP contribution in [0.25, 0.3) is 0 Å². The number of rotatable bonds is 6. The van der Waals surface area contributed by atoms with Gasteiger partial charge >= 0.3 is 5.69 Å². The fourth-order valence-corrected chi connectivity index (χ4v) is 2.05. The lowest BCUT2D eigenvalue weighted by atomic mass is 10.2. The number of anilines is 1. The molecule has 0 aliphatic rings. The van der Waals surface area contributed by atoms with Crippen molar-refractivity contribution < 1.29 is 9.72 Å². The number of aromatic nitrogens is 2. The molecule has 8 heteroatoms. The Hall–Kier alpha value is -2.41. The van der Waals surface area contributed by atoms with Crippen LogP contribution in [0, 0.1) is 17.0 Å². The summed E-state index contributed by atoms with van der Waals surface area (Å²) >= 11 is 5.99. The molecule has 0 unspecified atom stereocenters. The molecule has 1 aromatic heterocycles. The average molecular weight is 323 g/mol. The third-order valence-electron chi connectivity index (χ3n) is 3.08. The number of nitrogens with one attached hydrogen (secondary N) is 1. The largest absolute Gasteiger partial charge is 0.326 e. The Morgan fingerprint density at radius 1 is 1.50 bits per heavy atom. The van der Waals surface area contributed by atoms with Crippen molar-refractivity contribution in [3.05, 3.63) is 51.3 Å². The highest BCUT2D eigenvalue weighted by Crippen LogP contribution is 2.20. The molecular weight excluding hydrogens is 308 g/mol. The molecule has 0 aliphatic heterocycles. The molecule has 1 heterocycles. The summed E-state index contributed by atoms with van der Waals surface area (Å²) in [5, 5.41) is 17.8. The molecule has 1 aromatic carbocycles. The third-order valence-corrected chi connectivity index (χ3v) is 3.48. The van der Waals surface area contributed by atoms with Crippen LogP contribution in [0.15, 0.2) is 30.6 Å². The minimum absolute atomic E-state index is 0.0567. The Balaban J connectivity index is 1.79. The van der Waals surface area contributed by atoms with Crippen LogP contribution in [0.1, 0.15) is 18.4 Å². The van der Waals surface area contributed by atoms with Gasteiger partial charge in [0, 0.05) is 23.7 Å². The van der Waals surface area contributed by atoms with Crippen molar-refractivity contribution in [1.82, 2.24) is 9.78 Å². The second kappa shape index (κ2) is 7.04. The van der Waals surface area contributed by atoms with Gasteiger partial charge in [0.2, 0.25) is 5.91 Å². The van der Waals surface area contributed by atoms with Gasteiger partial charge in [0.1, 0.15) is 12.4 Å². The first-order chi connectivity index (χ1) is 10.5. The number of hydrogen-bond acceptors (Lipinski definition) is 4. The predicted octanol–water partition coefficient (Wildman–Crippen LogP) is 3.17. The summed E-state index contributed by atoms with van der Waals surface area (Å²) in [6.45, 7) is 2.33. The van der Waals surface area contributed by atoms with E-state index in [0.717, 1.165) is 5.56 Å². The molecular formula is C14H15ClN4O3. The highest BCUT2D eigenvalue weighted by Gasteiger charge is 2.09. The monoisotopic (exact) mass is 322 g/mol. The van der Waals surface area contributed by atoms with E-state index in [-0.39, 0.29) is 11.6 Å². The Labute approximate surface area is 132 Å². The van der Waals surface area contributed by atoms with Crippen LogP contribution < -0.4 is 5.32 Å². The van der Waals surface area contributed by atoms with Gasteiger partial charge in [-0.15, -0.1) is 0 Å². The summed E-state index contributed by atoms with van der Waals surface area (Å²) in [6.07, 6.45) is 3.36. The predicted molar refractivity (Wildman–Crippen MR) is 82.9 cm³/mol. The van der Waals surface area contributed by atoms with Gasteiger partial charge in [-0.2, -0.15) is 5.10 Å². The maximum atomic E-state index is 11.8. The van der Waals surface area contributed by atoms with Crippen LogP contribution in [-0.2, 0) is 11.3 Å². The number of benzene rings is 1. The van der Waals surface area contributed by atoms with Gasteiger partial charge in [-0.1, -0.05) is 17.7 Å². The van der Waals surface area contributed by atoms with Crippen LogP contribution in [-0.4, -0.2) is 20.6 Å². The Morgan fingerprint density at radius 3 is 2.91 bits per heavy atom. The molecule has 22 heavy (non-hydrogen) atoms. The van der Waals surface area contributed by atoms with Gasteiger partial charge in [-0.3, -0.25) is 19.6 Å². The van der Waals surface area contributed by atoms with Crippen molar-refractivity contribution >= 4 is 28.9 Å². The molecule has 0 spiro atoms. The number of halogens is 1. The van der Waals surface area contributed by atoms with Gasteiger partial charge in [-0.25, -0.2) is 0 Å². The van der Waals surface area contributed by atoms with E-state index in [1.807, 2.05) is 13.0 Å². The number of nitrogens with zero attached hydrogens (tertiary/aromatic N) is 3. The minimum atomic E-state index is -0.503. The minimum Gasteiger partial charge on any atom is -0.326 e. The topological polar surface area (TPSA) is 90.1 Å². The lowest BCUT2D eigenvalue weighted by Crippen LogP contribution is -2.12. The molecule has 1 N–H and O–H groups in total. The summed E-state index contributed by atoms with van der Waals surface area (Å²) in [5.41, 5.74) is 1.54. The first-order valence-electron chi connectivity index (χ1n) is 6.68. The number of amides is 1. The van der Waals surface area contributed by atoms with Gasteiger partial charge in [0.25, 0.3) is 0 Å². The van der Waals surface area contributed by atoms with Crippen LogP contribution in [0.3, 0.4) is 0 Å². The fourth-order valence-electron chi connectivity index (χ4n) is 1.86. The maximum absolute atomic E-state index is 11.8. The lowest BCUT2D eigenvalue weighted by molar-refractivity contribution is -0.385. The van der Waals surface area contributed by atoms with Gasteiger partial charge < -0.3 is 5.32 Å². The number of nitro groups is 1. The molecule has 0 atom stereocenters. The van der Waals surface area contributed by atoms with E-state index in [2.05, 4.69) is 10.4 Å². The fraction of sp³-hybridized carbons (Fsp3) is 0.286. The molecule has 0 fully saturated rings. The molecule has 2 rings (SSSR count). The summed E-state index contributed by atoms with van der Waals surface area (Å²) in [7, 11) is 0. The van der Waals surface area contributed by atoms with E-state index < -0.39 is 4.92 Å². The number of aryl methyl sites for hydroxylation is 2. The standard InChI is InChI=1S/C14H15ClN4O3/c1-10-4-5-11(7-13(10)15)17-14(20)3-2-6-18-9-12(8-16-18)19(21)22/h4-5,7-9H,2-3,6H2,1H3,(H,17,20). The van der Waals surface area contributed by atoms with E-state index in [4.69, 9.17) is 11.6 Å². The van der Waals surface area contributed by atoms with Gasteiger partial charge in [-0.05, 0) is 31.0 Å². The van der Waals surface area contributed by atoms with Gasteiger partial charge in [0.15, 0.2) is 0 Å². The van der Waals surface area contributed by atoms with Crippen LogP contribution in [0.4, 0.5) is 11.4 Å². The summed E-state index contributed by atoms with van der Waals surface area (Å²) in [5.74, 6) is -0.137. The molecule has 2 aromatic rings. The first kappa shape index (κ1) is 16.0. The highest BCUT2D eigenvalue weighted by atomic mass is 35.5. The van der Waals surface area contributed by atoms with Crippen molar-refractivity contribution in [2.24, 2.45) is 0 Å². The number of carbonyl (C=O) groups excluding carboxylic acids is 1. The average Bonchev–Trinajstić information content (AvgIpc) is 2.92. The molecule has 0 radical (unpaired) electrons. The smallest absolute Gasteiger partial charge is 0.306 e. The molecule has 7 nitrogen and oxygen atoms in total. The number of carbonyl (C=O) groups is 1. The Bertz CT molecular complexity index is 699. The van der Waals surface area contributed by atoms with E-state index in [1.165, 1.54) is 17.1 Å². The maximum Gasteiger partial charge on any atom is 0.306 e. The van der Waals surface area contributed by atoms with Gasteiger partial charge in [0.05, 0.1) is 4.92 Å². The van der Waals surface area contributed by atoms with Crippen LogP contribution in [0.5, 0.6) is 0 Å². The third kappa shape index (κ3) is 4.29. The summed E-state index contributed by atoms with van der Waals surface area (Å²) in [6, 6.07) is 5.32. The molecule has 0 aliphatic carbocycles. The zero-order valence-electron chi connectivity index (χ0n) is 12.0. The Morgan fingerprint density at radius 2 is 2.27 bits per heavy atom. The van der Waals surface area contributed by atoms with Crippen molar-refractivity contribution in [3.8, 4) is 0 Å². The quantitative estimate of drug-likeness (QED) is 0.653. The van der Waals surface area contributed by atoms with Crippen molar-refractivity contribution in [2.45, 2.75) is 26.3 Å². The summed E-state index contributed by atoms with van der Waals surface area (Å²) in [4.78, 5) is 21.8. The first-order valence-corrected chi connectivity index (χ1v) is 7.06. The van der Waals surface area contributed by atoms with Crippen LogP contribution in [0.2, 0.25) is 5.02 Å². The van der Waals surface area contributed by atoms with Crippen molar-refractivity contribution in [3.63, 3.8) is 0 Å². The molecule has 0 bridgehead atoms. The molecule has 0 saturated carbocycles. The van der Waals surface area contributed by atoms with E-state index in [1.54, 1.807) is 12.1 Å². The molecule has 0 saturated heterocycles. The van der Waals surface area contributed by atoms with E-state index in [0.29, 0.717) is 30.1 Å². The zero-order chi connectivity index (χ0) is 16.1. The second-order valence-corrected chi connectivity index (χ2v) is 5.24. The van der Waals surface area contributed by atoms with Crippen molar-refractivity contribution in [2.75, 3.05) is 5.32 Å².